The topological polar surface area (TPSA) is 64.3 Å². The molecule has 0 saturated carbocycles. The fourth-order valence-electron chi connectivity index (χ4n) is 1.66. The zero-order valence-electron chi connectivity index (χ0n) is 11.6. The number of benzene rings is 1. The second kappa shape index (κ2) is 7.09. The molecule has 1 aromatic rings. The van der Waals surface area contributed by atoms with Crippen LogP contribution in [0.4, 0.5) is 0 Å². The molecule has 0 spiro atoms. The van der Waals surface area contributed by atoms with E-state index in [0.29, 0.717) is 12.1 Å². The zero-order chi connectivity index (χ0) is 14.5. The van der Waals surface area contributed by atoms with Gasteiger partial charge in [-0.25, -0.2) is 0 Å². The van der Waals surface area contributed by atoms with Gasteiger partial charge in [-0.3, -0.25) is 4.79 Å². The van der Waals surface area contributed by atoms with Gasteiger partial charge >= 0.3 is 0 Å². The van der Waals surface area contributed by atoms with E-state index in [1.807, 2.05) is 19.9 Å². The quantitative estimate of drug-likeness (QED) is 0.751. The Labute approximate surface area is 128 Å². The molecule has 0 bridgehead atoms. The van der Waals surface area contributed by atoms with E-state index in [9.17, 15) is 4.79 Å². The number of hydrogen-bond acceptors (Lipinski definition) is 3. The minimum atomic E-state index is -0.326. The van der Waals surface area contributed by atoms with Crippen molar-refractivity contribution in [2.24, 2.45) is 5.73 Å². The Morgan fingerprint density at radius 1 is 1.42 bits per heavy atom. The number of rotatable bonds is 6. The first-order chi connectivity index (χ1) is 8.95. The fraction of sp³-hybridized carbons (Fsp3) is 0.500. The highest BCUT2D eigenvalue weighted by atomic mass is 127. The smallest absolute Gasteiger partial charge is 0.252 e. The molecule has 0 fully saturated rings. The van der Waals surface area contributed by atoms with Gasteiger partial charge in [0.2, 0.25) is 0 Å². The van der Waals surface area contributed by atoms with Crippen molar-refractivity contribution in [2.45, 2.75) is 32.2 Å². The molecule has 0 unspecified atom stereocenters. The van der Waals surface area contributed by atoms with Gasteiger partial charge in [0, 0.05) is 15.7 Å². The summed E-state index contributed by atoms with van der Waals surface area (Å²) >= 11 is 2.13. The molecule has 0 saturated heterocycles. The highest BCUT2D eigenvalue weighted by molar-refractivity contribution is 14.1. The number of methoxy groups -OCH3 is 1. The van der Waals surface area contributed by atoms with E-state index in [1.165, 1.54) is 0 Å². The van der Waals surface area contributed by atoms with Crippen LogP contribution in [-0.4, -0.2) is 25.1 Å². The van der Waals surface area contributed by atoms with Crippen LogP contribution in [0.15, 0.2) is 18.2 Å². The lowest BCUT2D eigenvalue weighted by atomic mass is 9.94. The molecule has 0 radical (unpaired) electrons. The molecular weight excluding hydrogens is 355 g/mol. The lowest BCUT2D eigenvalue weighted by Gasteiger charge is -2.26. The highest BCUT2D eigenvalue weighted by Crippen LogP contribution is 2.19. The summed E-state index contributed by atoms with van der Waals surface area (Å²) in [5, 5.41) is 2.91. The van der Waals surface area contributed by atoms with Gasteiger partial charge in [0.15, 0.2) is 0 Å². The molecule has 4 nitrogen and oxygen atoms in total. The summed E-state index contributed by atoms with van der Waals surface area (Å²) in [5.74, 6) is 0.653. The van der Waals surface area contributed by atoms with Gasteiger partial charge in [-0.05, 0) is 53.6 Å². The third-order valence-corrected chi connectivity index (χ3v) is 4.32. The molecule has 1 aromatic carbocycles. The maximum absolute atomic E-state index is 12.1. The second-order valence-electron chi connectivity index (χ2n) is 4.60. The minimum absolute atomic E-state index is 0.0937. The molecule has 0 aliphatic carbocycles. The van der Waals surface area contributed by atoms with Gasteiger partial charge < -0.3 is 15.8 Å². The van der Waals surface area contributed by atoms with Gasteiger partial charge in [0.05, 0.1) is 12.7 Å². The summed E-state index contributed by atoms with van der Waals surface area (Å²) in [7, 11) is 1.61. The number of halogens is 1. The summed E-state index contributed by atoms with van der Waals surface area (Å²) < 4.78 is 5.99. The van der Waals surface area contributed by atoms with Crippen LogP contribution in [0.3, 0.4) is 0 Å². The Kier molecular flexibility index (Phi) is 6.06. The van der Waals surface area contributed by atoms with Crippen molar-refractivity contribution < 1.29 is 9.53 Å². The lowest BCUT2D eigenvalue weighted by Crippen LogP contribution is -2.49. The number of amides is 1. The predicted octanol–water partition coefficient (Wildman–Crippen LogP) is 2.55. The first-order valence-electron chi connectivity index (χ1n) is 6.36. The molecule has 0 aliphatic rings. The van der Waals surface area contributed by atoms with Crippen molar-refractivity contribution in [3.8, 4) is 5.75 Å². The summed E-state index contributed by atoms with van der Waals surface area (Å²) in [5.41, 5.74) is 6.49. The maximum Gasteiger partial charge on any atom is 0.252 e. The SMILES string of the molecule is CCC(N)(CC)CNC(=O)c1ccc(OC)cc1I. The molecule has 0 atom stereocenters. The van der Waals surface area contributed by atoms with Crippen LogP contribution in [0.1, 0.15) is 37.0 Å². The van der Waals surface area contributed by atoms with Crippen molar-refractivity contribution in [2.75, 3.05) is 13.7 Å². The van der Waals surface area contributed by atoms with Gasteiger partial charge in [-0.2, -0.15) is 0 Å². The summed E-state index contributed by atoms with van der Waals surface area (Å²) in [6, 6.07) is 5.39. The van der Waals surface area contributed by atoms with Crippen LogP contribution < -0.4 is 15.8 Å². The molecule has 1 rings (SSSR count). The molecule has 5 heteroatoms. The standard InChI is InChI=1S/C14H21IN2O2/c1-4-14(16,5-2)9-17-13(18)11-7-6-10(19-3)8-12(11)15/h6-8H,4-5,9,16H2,1-3H3,(H,17,18). The van der Waals surface area contributed by atoms with Gasteiger partial charge in [0.1, 0.15) is 5.75 Å². The number of nitrogens with one attached hydrogen (secondary N) is 1. The molecular formula is C14H21IN2O2. The van der Waals surface area contributed by atoms with Crippen molar-refractivity contribution >= 4 is 28.5 Å². The summed E-state index contributed by atoms with van der Waals surface area (Å²) in [6.07, 6.45) is 1.67. The van der Waals surface area contributed by atoms with Gasteiger partial charge in [-0.15, -0.1) is 0 Å². The van der Waals surface area contributed by atoms with E-state index in [0.717, 1.165) is 22.2 Å². The third kappa shape index (κ3) is 4.35. The van der Waals surface area contributed by atoms with E-state index in [-0.39, 0.29) is 11.4 Å². The normalized spacial score (nSPS) is 11.2. The maximum atomic E-state index is 12.1. The summed E-state index contributed by atoms with van der Waals surface area (Å²) in [6.45, 7) is 4.56. The zero-order valence-corrected chi connectivity index (χ0v) is 13.8. The fourth-order valence-corrected chi connectivity index (χ4v) is 2.39. The van der Waals surface area contributed by atoms with Crippen LogP contribution in [0, 0.1) is 3.57 Å². The van der Waals surface area contributed by atoms with Gasteiger partial charge in [-0.1, -0.05) is 13.8 Å². The van der Waals surface area contributed by atoms with Crippen molar-refractivity contribution in [1.29, 1.82) is 0 Å². The Balaban J connectivity index is 2.74. The Morgan fingerprint density at radius 3 is 2.53 bits per heavy atom. The van der Waals surface area contributed by atoms with E-state index in [2.05, 4.69) is 27.9 Å². The van der Waals surface area contributed by atoms with Crippen LogP contribution in [0.5, 0.6) is 5.75 Å². The van der Waals surface area contributed by atoms with Crippen molar-refractivity contribution in [1.82, 2.24) is 5.32 Å². The number of nitrogens with two attached hydrogens (primary N) is 1. The average Bonchev–Trinajstić information content (AvgIpc) is 2.44. The molecule has 19 heavy (non-hydrogen) atoms. The third-order valence-electron chi connectivity index (χ3n) is 3.43. The van der Waals surface area contributed by atoms with E-state index in [4.69, 9.17) is 10.5 Å². The van der Waals surface area contributed by atoms with Crippen molar-refractivity contribution in [3.63, 3.8) is 0 Å². The van der Waals surface area contributed by atoms with Crippen LogP contribution in [0.2, 0.25) is 0 Å². The average molecular weight is 376 g/mol. The number of hydrogen-bond donors (Lipinski definition) is 2. The first kappa shape index (κ1) is 16.2. The minimum Gasteiger partial charge on any atom is -0.497 e. The van der Waals surface area contributed by atoms with E-state index in [1.54, 1.807) is 19.2 Å². The molecule has 0 aromatic heterocycles. The van der Waals surface area contributed by atoms with E-state index < -0.39 is 0 Å². The molecule has 3 N–H and O–H groups in total. The van der Waals surface area contributed by atoms with Crippen LogP contribution in [-0.2, 0) is 0 Å². The largest absolute Gasteiger partial charge is 0.497 e. The molecule has 106 valence electrons. The Hall–Kier alpha value is -0.820. The second-order valence-corrected chi connectivity index (χ2v) is 5.76. The number of carbonyl (C=O) groups excluding carboxylic acids is 1. The number of carbonyl (C=O) groups is 1. The van der Waals surface area contributed by atoms with E-state index >= 15 is 0 Å². The molecule has 0 heterocycles. The lowest BCUT2D eigenvalue weighted by molar-refractivity contribution is 0.0941. The first-order valence-corrected chi connectivity index (χ1v) is 7.44. The predicted molar refractivity (Wildman–Crippen MR) is 85.5 cm³/mol. The molecule has 0 aliphatic heterocycles. The van der Waals surface area contributed by atoms with Gasteiger partial charge in [0.25, 0.3) is 5.91 Å². The number of ether oxygens (including phenoxy) is 1. The molecule has 1 amide bonds. The monoisotopic (exact) mass is 376 g/mol. The van der Waals surface area contributed by atoms with Crippen LogP contribution >= 0.6 is 22.6 Å². The Morgan fingerprint density at radius 2 is 2.05 bits per heavy atom. The highest BCUT2D eigenvalue weighted by Gasteiger charge is 2.21. The van der Waals surface area contributed by atoms with Crippen LogP contribution in [0.25, 0.3) is 0 Å². The van der Waals surface area contributed by atoms with Crippen molar-refractivity contribution in [3.05, 3.63) is 27.3 Å². The Bertz CT molecular complexity index is 445. The summed E-state index contributed by atoms with van der Waals surface area (Å²) in [4.78, 5) is 12.1.